The van der Waals surface area contributed by atoms with Gasteiger partial charge < -0.3 is 10.8 Å². The SMILES string of the molecule is NCC1CCc2cccc(O)c21. The Kier molecular flexibility index (Phi) is 1.77. The van der Waals surface area contributed by atoms with Crippen molar-refractivity contribution in [2.75, 3.05) is 6.54 Å². The molecule has 1 atom stereocenters. The van der Waals surface area contributed by atoms with E-state index in [4.69, 9.17) is 5.73 Å². The van der Waals surface area contributed by atoms with Crippen LogP contribution >= 0.6 is 0 Å². The molecule has 3 N–H and O–H groups in total. The number of aromatic hydroxyl groups is 1. The predicted octanol–water partition coefficient (Wildman–Crippen LogP) is 1.38. The van der Waals surface area contributed by atoms with Gasteiger partial charge in [0.05, 0.1) is 0 Å². The van der Waals surface area contributed by atoms with Crippen molar-refractivity contribution in [3.05, 3.63) is 29.3 Å². The predicted molar refractivity (Wildman–Crippen MR) is 48.2 cm³/mol. The highest BCUT2D eigenvalue weighted by molar-refractivity contribution is 5.45. The maximum absolute atomic E-state index is 9.58. The molecular formula is C10H13NO. The van der Waals surface area contributed by atoms with Crippen LogP contribution in [-0.2, 0) is 6.42 Å². The molecule has 1 aliphatic carbocycles. The Labute approximate surface area is 72.0 Å². The zero-order valence-electron chi connectivity index (χ0n) is 6.96. The second kappa shape index (κ2) is 2.79. The molecule has 12 heavy (non-hydrogen) atoms. The molecule has 1 aromatic carbocycles. The first-order valence-corrected chi connectivity index (χ1v) is 4.33. The van der Waals surface area contributed by atoms with Gasteiger partial charge in [-0.15, -0.1) is 0 Å². The first-order chi connectivity index (χ1) is 5.83. The summed E-state index contributed by atoms with van der Waals surface area (Å²) in [5.74, 6) is 0.793. The molecule has 1 aliphatic rings. The van der Waals surface area contributed by atoms with Crippen LogP contribution in [0.15, 0.2) is 18.2 Å². The van der Waals surface area contributed by atoms with E-state index < -0.39 is 0 Å². The van der Waals surface area contributed by atoms with Crippen LogP contribution < -0.4 is 5.73 Å². The summed E-state index contributed by atoms with van der Waals surface area (Å²) in [6.45, 7) is 0.643. The summed E-state index contributed by atoms with van der Waals surface area (Å²) in [7, 11) is 0. The Hall–Kier alpha value is -1.02. The maximum atomic E-state index is 9.58. The molecule has 64 valence electrons. The van der Waals surface area contributed by atoms with Gasteiger partial charge >= 0.3 is 0 Å². The summed E-state index contributed by atoms with van der Waals surface area (Å²) in [5.41, 5.74) is 7.96. The Morgan fingerprint density at radius 2 is 2.33 bits per heavy atom. The molecule has 1 aromatic rings. The first-order valence-electron chi connectivity index (χ1n) is 4.33. The van der Waals surface area contributed by atoms with E-state index in [-0.39, 0.29) is 0 Å². The Balaban J connectivity index is 2.48. The van der Waals surface area contributed by atoms with Gasteiger partial charge in [0.15, 0.2) is 0 Å². The monoisotopic (exact) mass is 163 g/mol. The van der Waals surface area contributed by atoms with E-state index in [1.54, 1.807) is 6.07 Å². The minimum absolute atomic E-state index is 0.376. The number of benzene rings is 1. The summed E-state index contributed by atoms with van der Waals surface area (Å²) in [5, 5.41) is 9.58. The highest BCUT2D eigenvalue weighted by atomic mass is 16.3. The van der Waals surface area contributed by atoms with Crippen molar-refractivity contribution in [1.29, 1.82) is 0 Å². The van der Waals surface area contributed by atoms with Crippen LogP contribution in [0.5, 0.6) is 5.75 Å². The third kappa shape index (κ3) is 0.994. The average Bonchev–Trinajstić information content (AvgIpc) is 2.49. The lowest BCUT2D eigenvalue weighted by molar-refractivity contribution is 0.463. The molecule has 1 unspecified atom stereocenters. The third-order valence-electron chi connectivity index (χ3n) is 2.63. The quantitative estimate of drug-likeness (QED) is 0.657. The second-order valence-electron chi connectivity index (χ2n) is 3.32. The Bertz CT molecular complexity index is 296. The van der Waals surface area contributed by atoms with Gasteiger partial charge in [-0.25, -0.2) is 0 Å². The molecule has 0 heterocycles. The van der Waals surface area contributed by atoms with Crippen molar-refractivity contribution in [3.63, 3.8) is 0 Å². The van der Waals surface area contributed by atoms with E-state index in [1.807, 2.05) is 6.07 Å². The van der Waals surface area contributed by atoms with Gasteiger partial charge in [0, 0.05) is 11.5 Å². The summed E-state index contributed by atoms with van der Waals surface area (Å²) in [6, 6.07) is 5.71. The average molecular weight is 163 g/mol. The summed E-state index contributed by atoms with van der Waals surface area (Å²) in [6.07, 6.45) is 2.15. The van der Waals surface area contributed by atoms with E-state index in [9.17, 15) is 5.11 Å². The number of rotatable bonds is 1. The molecule has 2 rings (SSSR count). The lowest BCUT2D eigenvalue weighted by atomic mass is 10.0. The standard InChI is InChI=1S/C10H13NO/c11-6-8-5-4-7-2-1-3-9(12)10(7)8/h1-3,8,12H,4-6,11H2. The molecule has 2 nitrogen and oxygen atoms in total. The normalized spacial score (nSPS) is 20.9. The smallest absolute Gasteiger partial charge is 0.119 e. The third-order valence-corrected chi connectivity index (χ3v) is 2.63. The minimum atomic E-state index is 0.376. The van der Waals surface area contributed by atoms with Gasteiger partial charge in [0.1, 0.15) is 5.75 Å². The largest absolute Gasteiger partial charge is 0.508 e. The topological polar surface area (TPSA) is 46.2 Å². The van der Waals surface area contributed by atoms with Crippen molar-refractivity contribution in [3.8, 4) is 5.75 Å². The fourth-order valence-corrected chi connectivity index (χ4v) is 2.00. The lowest BCUT2D eigenvalue weighted by Crippen LogP contribution is -2.09. The Morgan fingerprint density at radius 3 is 3.08 bits per heavy atom. The van der Waals surface area contributed by atoms with Crippen LogP contribution in [0.3, 0.4) is 0 Å². The first kappa shape index (κ1) is 7.62. The van der Waals surface area contributed by atoms with Gasteiger partial charge in [-0.05, 0) is 31.0 Å². The summed E-state index contributed by atoms with van der Waals surface area (Å²) >= 11 is 0. The van der Waals surface area contributed by atoms with E-state index in [2.05, 4.69) is 6.07 Å². The van der Waals surface area contributed by atoms with Crippen LogP contribution in [0.4, 0.5) is 0 Å². The molecule has 0 aromatic heterocycles. The van der Waals surface area contributed by atoms with Crippen LogP contribution in [-0.4, -0.2) is 11.7 Å². The van der Waals surface area contributed by atoms with Crippen molar-refractivity contribution in [1.82, 2.24) is 0 Å². The molecule has 0 spiro atoms. The minimum Gasteiger partial charge on any atom is -0.508 e. The van der Waals surface area contributed by atoms with Crippen LogP contribution in [0.2, 0.25) is 0 Å². The van der Waals surface area contributed by atoms with Gasteiger partial charge in [-0.2, -0.15) is 0 Å². The second-order valence-corrected chi connectivity index (χ2v) is 3.32. The Morgan fingerprint density at radius 1 is 1.50 bits per heavy atom. The zero-order chi connectivity index (χ0) is 8.55. The van der Waals surface area contributed by atoms with E-state index in [0.717, 1.165) is 18.4 Å². The molecule has 0 radical (unpaired) electrons. The number of fused-ring (bicyclic) bond motifs is 1. The van der Waals surface area contributed by atoms with Crippen molar-refractivity contribution in [2.24, 2.45) is 5.73 Å². The fourth-order valence-electron chi connectivity index (χ4n) is 2.00. The molecule has 2 heteroatoms. The van der Waals surface area contributed by atoms with E-state index >= 15 is 0 Å². The molecule has 0 bridgehead atoms. The number of nitrogens with two attached hydrogens (primary N) is 1. The highest BCUT2D eigenvalue weighted by Crippen LogP contribution is 2.37. The van der Waals surface area contributed by atoms with Gasteiger partial charge in [0.25, 0.3) is 0 Å². The molecule has 0 saturated heterocycles. The summed E-state index contributed by atoms with van der Waals surface area (Å²) in [4.78, 5) is 0. The highest BCUT2D eigenvalue weighted by Gasteiger charge is 2.23. The van der Waals surface area contributed by atoms with Gasteiger partial charge in [-0.1, -0.05) is 12.1 Å². The van der Waals surface area contributed by atoms with E-state index in [0.29, 0.717) is 18.2 Å². The van der Waals surface area contributed by atoms with Crippen LogP contribution in [0, 0.1) is 0 Å². The van der Waals surface area contributed by atoms with Crippen molar-refractivity contribution in [2.45, 2.75) is 18.8 Å². The van der Waals surface area contributed by atoms with Crippen molar-refractivity contribution >= 4 is 0 Å². The number of aryl methyl sites for hydroxylation is 1. The molecule has 0 amide bonds. The zero-order valence-corrected chi connectivity index (χ0v) is 6.96. The fraction of sp³-hybridized carbons (Fsp3) is 0.400. The maximum Gasteiger partial charge on any atom is 0.119 e. The number of hydrogen-bond donors (Lipinski definition) is 2. The van der Waals surface area contributed by atoms with Gasteiger partial charge in [0.2, 0.25) is 0 Å². The molecule has 0 saturated carbocycles. The molecule has 0 aliphatic heterocycles. The number of phenols is 1. The molecular weight excluding hydrogens is 150 g/mol. The van der Waals surface area contributed by atoms with Crippen LogP contribution in [0.25, 0.3) is 0 Å². The van der Waals surface area contributed by atoms with E-state index in [1.165, 1.54) is 5.56 Å². The summed E-state index contributed by atoms with van der Waals surface area (Å²) < 4.78 is 0. The lowest BCUT2D eigenvalue weighted by Gasteiger charge is -2.09. The number of phenolic OH excluding ortho intramolecular Hbond substituents is 1. The van der Waals surface area contributed by atoms with Crippen molar-refractivity contribution < 1.29 is 5.11 Å². The van der Waals surface area contributed by atoms with Gasteiger partial charge in [-0.3, -0.25) is 0 Å². The van der Waals surface area contributed by atoms with Crippen LogP contribution in [0.1, 0.15) is 23.5 Å². The number of hydrogen-bond acceptors (Lipinski definition) is 2. The molecule has 0 fully saturated rings.